The largest absolute Gasteiger partial charge is 0.493 e. The highest BCUT2D eigenvalue weighted by Gasteiger charge is 2.53. The van der Waals surface area contributed by atoms with Crippen LogP contribution in [0.4, 0.5) is 0 Å². The smallest absolute Gasteiger partial charge is 0.166 e. The van der Waals surface area contributed by atoms with E-state index in [-0.39, 0.29) is 11.5 Å². The van der Waals surface area contributed by atoms with Crippen molar-refractivity contribution in [2.75, 3.05) is 53.0 Å². The van der Waals surface area contributed by atoms with E-state index in [1.54, 1.807) is 7.11 Å². The van der Waals surface area contributed by atoms with Crippen LogP contribution < -0.4 is 9.47 Å². The van der Waals surface area contributed by atoms with E-state index in [2.05, 4.69) is 31.8 Å². The van der Waals surface area contributed by atoms with Crippen molar-refractivity contribution in [2.24, 2.45) is 0 Å². The quantitative estimate of drug-likeness (QED) is 0.690. The van der Waals surface area contributed by atoms with Gasteiger partial charge in [0.25, 0.3) is 0 Å². The maximum absolute atomic E-state index is 10.2. The summed E-state index contributed by atoms with van der Waals surface area (Å²) in [5, 5.41) is 10.2. The van der Waals surface area contributed by atoms with E-state index in [0.29, 0.717) is 6.42 Å². The number of methoxy groups -OCH3 is 1. The standard InChI is InChI=1S/C22H29BrN2O4/c1-27-18-13-17(23)16-14-25(7-6-24-8-10-28-11-9-24)5-4-22-3-2-15(26)12-19(22)29-21(18)20(16)22/h2-3,13,15,19,26H,4-12,14H2,1H3/t15?,19-,22?/m1/s1. The van der Waals surface area contributed by atoms with Gasteiger partial charge in [0, 0.05) is 49.2 Å². The van der Waals surface area contributed by atoms with E-state index in [9.17, 15) is 5.11 Å². The summed E-state index contributed by atoms with van der Waals surface area (Å²) in [5.41, 5.74) is 2.36. The Labute approximate surface area is 180 Å². The molecule has 4 aliphatic rings. The molecule has 0 amide bonds. The third-order valence-corrected chi connectivity index (χ3v) is 7.66. The van der Waals surface area contributed by atoms with Crippen molar-refractivity contribution in [2.45, 2.75) is 37.0 Å². The molecule has 1 aromatic rings. The lowest BCUT2D eigenvalue weighted by Crippen LogP contribution is -2.44. The minimum atomic E-state index is -0.446. The molecule has 158 valence electrons. The fourth-order valence-electron chi connectivity index (χ4n) is 5.31. The topological polar surface area (TPSA) is 54.4 Å². The summed E-state index contributed by atoms with van der Waals surface area (Å²) in [4.78, 5) is 5.06. The van der Waals surface area contributed by atoms with E-state index < -0.39 is 6.10 Å². The van der Waals surface area contributed by atoms with Gasteiger partial charge in [-0.1, -0.05) is 28.1 Å². The van der Waals surface area contributed by atoms with Gasteiger partial charge in [0.2, 0.25) is 0 Å². The molecule has 7 heteroatoms. The molecule has 1 spiro atoms. The summed E-state index contributed by atoms with van der Waals surface area (Å²) < 4.78 is 18.6. The van der Waals surface area contributed by atoms with Crippen molar-refractivity contribution in [1.82, 2.24) is 9.80 Å². The first-order chi connectivity index (χ1) is 14.1. The molecule has 5 rings (SSSR count). The number of hydrogen-bond acceptors (Lipinski definition) is 6. The Balaban J connectivity index is 1.48. The van der Waals surface area contributed by atoms with Crippen molar-refractivity contribution < 1.29 is 19.3 Å². The fourth-order valence-corrected chi connectivity index (χ4v) is 5.85. The molecule has 0 saturated carbocycles. The third-order valence-electron chi connectivity index (χ3n) is 6.95. The Bertz CT molecular complexity index is 810. The van der Waals surface area contributed by atoms with Gasteiger partial charge in [0.15, 0.2) is 11.5 Å². The second-order valence-electron chi connectivity index (χ2n) is 8.53. The highest BCUT2D eigenvalue weighted by molar-refractivity contribution is 9.10. The molecule has 1 saturated heterocycles. The van der Waals surface area contributed by atoms with Crippen molar-refractivity contribution in [1.29, 1.82) is 0 Å². The highest BCUT2D eigenvalue weighted by Crippen LogP contribution is 2.57. The van der Waals surface area contributed by atoms with Gasteiger partial charge < -0.3 is 19.3 Å². The molecule has 0 aromatic heterocycles. The number of rotatable bonds is 4. The van der Waals surface area contributed by atoms with Gasteiger partial charge in [0.1, 0.15) is 6.10 Å². The number of aliphatic hydroxyl groups is 1. The summed E-state index contributed by atoms with van der Waals surface area (Å²) in [5.74, 6) is 1.64. The fraction of sp³-hybridized carbons (Fsp3) is 0.636. The van der Waals surface area contributed by atoms with Crippen LogP contribution in [0.1, 0.15) is 24.0 Å². The third kappa shape index (κ3) is 3.41. The zero-order valence-electron chi connectivity index (χ0n) is 16.9. The summed E-state index contributed by atoms with van der Waals surface area (Å²) >= 11 is 3.82. The Morgan fingerprint density at radius 3 is 2.83 bits per heavy atom. The van der Waals surface area contributed by atoms with Crippen LogP contribution in [0.15, 0.2) is 22.7 Å². The molecule has 0 radical (unpaired) electrons. The Hall–Kier alpha value is -1.12. The molecule has 2 unspecified atom stereocenters. The van der Waals surface area contributed by atoms with E-state index in [0.717, 1.165) is 74.9 Å². The molecule has 1 fully saturated rings. The first-order valence-corrected chi connectivity index (χ1v) is 11.4. The predicted octanol–water partition coefficient (Wildman–Crippen LogP) is 2.32. The zero-order chi connectivity index (χ0) is 20.0. The molecule has 1 N–H and O–H groups in total. The Morgan fingerprint density at radius 2 is 2.03 bits per heavy atom. The van der Waals surface area contributed by atoms with E-state index in [1.165, 1.54) is 11.1 Å². The lowest BCUT2D eigenvalue weighted by atomic mass is 9.69. The van der Waals surface area contributed by atoms with E-state index in [1.807, 2.05) is 12.1 Å². The molecule has 1 aromatic carbocycles. The highest BCUT2D eigenvalue weighted by atomic mass is 79.9. The van der Waals surface area contributed by atoms with Crippen LogP contribution in [0.3, 0.4) is 0 Å². The number of aliphatic hydroxyl groups excluding tert-OH is 1. The molecule has 3 aliphatic heterocycles. The van der Waals surface area contributed by atoms with Crippen LogP contribution in [0.25, 0.3) is 0 Å². The lowest BCUT2D eigenvalue weighted by molar-refractivity contribution is 0.0322. The van der Waals surface area contributed by atoms with Gasteiger partial charge in [0.05, 0.1) is 31.8 Å². The van der Waals surface area contributed by atoms with Crippen LogP contribution >= 0.6 is 15.9 Å². The number of morpholine rings is 1. The Kier molecular flexibility index (Phi) is 5.37. The second-order valence-corrected chi connectivity index (χ2v) is 9.39. The number of benzene rings is 1. The van der Waals surface area contributed by atoms with Crippen LogP contribution in [0, 0.1) is 0 Å². The van der Waals surface area contributed by atoms with Crippen molar-refractivity contribution >= 4 is 15.9 Å². The van der Waals surface area contributed by atoms with E-state index in [4.69, 9.17) is 14.2 Å². The average molecular weight is 465 g/mol. The first-order valence-electron chi connectivity index (χ1n) is 10.6. The van der Waals surface area contributed by atoms with Crippen LogP contribution in [0.2, 0.25) is 0 Å². The van der Waals surface area contributed by atoms with Gasteiger partial charge in [-0.2, -0.15) is 0 Å². The molecule has 3 atom stereocenters. The normalized spacial score (nSPS) is 31.7. The molecule has 3 heterocycles. The van der Waals surface area contributed by atoms with E-state index >= 15 is 0 Å². The molecular formula is C22H29BrN2O4. The summed E-state index contributed by atoms with van der Waals surface area (Å²) in [6, 6.07) is 2.03. The van der Waals surface area contributed by atoms with Gasteiger partial charge >= 0.3 is 0 Å². The number of hydrogen-bond donors (Lipinski definition) is 1. The van der Waals surface area contributed by atoms with Crippen molar-refractivity contribution in [3.8, 4) is 11.5 Å². The lowest BCUT2D eigenvalue weighted by Gasteiger charge is -2.36. The average Bonchev–Trinajstić information content (AvgIpc) is 2.96. The molecular weight excluding hydrogens is 436 g/mol. The van der Waals surface area contributed by atoms with Crippen molar-refractivity contribution in [3.63, 3.8) is 0 Å². The maximum atomic E-state index is 10.2. The van der Waals surface area contributed by atoms with Gasteiger partial charge in [-0.05, 0) is 24.6 Å². The van der Waals surface area contributed by atoms with Gasteiger partial charge in [-0.3, -0.25) is 9.80 Å². The number of nitrogens with zero attached hydrogens (tertiary/aromatic N) is 2. The second kappa shape index (κ2) is 7.85. The predicted molar refractivity (Wildman–Crippen MR) is 114 cm³/mol. The Morgan fingerprint density at radius 1 is 1.24 bits per heavy atom. The number of halogens is 1. The summed E-state index contributed by atoms with van der Waals surface area (Å²) in [7, 11) is 1.69. The monoisotopic (exact) mass is 464 g/mol. The number of ether oxygens (including phenoxy) is 3. The van der Waals surface area contributed by atoms with Crippen LogP contribution in [-0.2, 0) is 16.7 Å². The summed E-state index contributed by atoms with van der Waals surface area (Å²) in [6.45, 7) is 7.74. The minimum Gasteiger partial charge on any atom is -0.493 e. The van der Waals surface area contributed by atoms with Gasteiger partial charge in [-0.25, -0.2) is 0 Å². The maximum Gasteiger partial charge on any atom is 0.166 e. The molecule has 0 bridgehead atoms. The molecule has 1 aliphatic carbocycles. The molecule has 6 nitrogen and oxygen atoms in total. The minimum absolute atomic E-state index is 0.0429. The van der Waals surface area contributed by atoms with Gasteiger partial charge in [-0.15, -0.1) is 0 Å². The SMILES string of the molecule is COc1cc(Br)c2c3c1O[C@@H]1CC(O)C=CC31CCN(CCN1CCOCC1)C2. The molecule has 29 heavy (non-hydrogen) atoms. The van der Waals surface area contributed by atoms with Crippen molar-refractivity contribution in [3.05, 3.63) is 33.8 Å². The zero-order valence-corrected chi connectivity index (χ0v) is 18.5. The summed E-state index contributed by atoms with van der Waals surface area (Å²) in [6.07, 6.45) is 5.29. The van der Waals surface area contributed by atoms with Crippen LogP contribution in [-0.4, -0.2) is 80.2 Å². The van der Waals surface area contributed by atoms with Crippen LogP contribution in [0.5, 0.6) is 11.5 Å². The first kappa shape index (κ1) is 19.8.